The SMILES string of the molecule is CC(C)(C#N)CCCOc1ccc2c(c1)[C@H](O)CCC2. The molecule has 0 saturated heterocycles. The number of aliphatic hydroxyl groups is 1. The first-order valence-electron chi connectivity index (χ1n) is 7.37. The molecule has 3 nitrogen and oxygen atoms in total. The Morgan fingerprint density at radius 2 is 2.25 bits per heavy atom. The first-order valence-corrected chi connectivity index (χ1v) is 7.37. The molecule has 0 spiro atoms. The second kappa shape index (κ2) is 6.28. The van der Waals surface area contributed by atoms with Gasteiger partial charge in [-0.1, -0.05) is 6.07 Å². The Balaban J connectivity index is 1.88. The van der Waals surface area contributed by atoms with Crippen LogP contribution in [-0.2, 0) is 6.42 Å². The van der Waals surface area contributed by atoms with Crippen LogP contribution in [0.15, 0.2) is 18.2 Å². The van der Waals surface area contributed by atoms with Crippen LogP contribution in [0.3, 0.4) is 0 Å². The van der Waals surface area contributed by atoms with E-state index in [0.29, 0.717) is 6.61 Å². The predicted molar refractivity (Wildman–Crippen MR) is 78.5 cm³/mol. The van der Waals surface area contributed by atoms with Gasteiger partial charge in [-0.15, -0.1) is 0 Å². The van der Waals surface area contributed by atoms with Crippen molar-refractivity contribution in [3.8, 4) is 11.8 Å². The standard InChI is InChI=1S/C17H23NO2/c1-17(2,12-18)9-4-10-20-14-8-7-13-5-3-6-16(19)15(13)11-14/h7-8,11,16,19H,3-6,9-10H2,1-2H3/t16-/m1/s1. The molecular weight excluding hydrogens is 250 g/mol. The van der Waals surface area contributed by atoms with Gasteiger partial charge in [0.15, 0.2) is 0 Å². The van der Waals surface area contributed by atoms with E-state index >= 15 is 0 Å². The third-order valence-electron chi connectivity index (χ3n) is 3.92. The van der Waals surface area contributed by atoms with Crippen molar-refractivity contribution in [3.63, 3.8) is 0 Å². The number of hydrogen-bond acceptors (Lipinski definition) is 3. The van der Waals surface area contributed by atoms with E-state index in [2.05, 4.69) is 12.1 Å². The lowest BCUT2D eigenvalue weighted by Gasteiger charge is -2.22. The van der Waals surface area contributed by atoms with Crippen LogP contribution < -0.4 is 4.74 Å². The number of nitrogens with zero attached hydrogens (tertiary/aromatic N) is 1. The summed E-state index contributed by atoms with van der Waals surface area (Å²) >= 11 is 0. The molecule has 0 heterocycles. The van der Waals surface area contributed by atoms with Crippen molar-refractivity contribution in [1.29, 1.82) is 5.26 Å². The van der Waals surface area contributed by atoms with E-state index in [1.54, 1.807) is 0 Å². The number of fused-ring (bicyclic) bond motifs is 1. The third kappa shape index (κ3) is 3.74. The molecular formula is C17H23NO2. The average Bonchev–Trinajstić information content (AvgIpc) is 2.44. The Morgan fingerprint density at radius 1 is 1.45 bits per heavy atom. The van der Waals surface area contributed by atoms with Crippen molar-refractivity contribution in [2.75, 3.05) is 6.61 Å². The zero-order valence-corrected chi connectivity index (χ0v) is 12.4. The number of aliphatic hydroxyl groups excluding tert-OH is 1. The number of aryl methyl sites for hydroxylation is 1. The molecule has 0 unspecified atom stereocenters. The molecule has 1 aliphatic rings. The monoisotopic (exact) mass is 273 g/mol. The van der Waals surface area contributed by atoms with E-state index < -0.39 is 0 Å². The minimum atomic E-state index is -0.347. The molecule has 0 bridgehead atoms. The van der Waals surface area contributed by atoms with E-state index in [1.165, 1.54) is 5.56 Å². The Labute approximate surface area is 121 Å². The van der Waals surface area contributed by atoms with Crippen molar-refractivity contribution in [3.05, 3.63) is 29.3 Å². The quantitative estimate of drug-likeness (QED) is 0.831. The van der Waals surface area contributed by atoms with E-state index in [-0.39, 0.29) is 11.5 Å². The molecule has 1 N–H and O–H groups in total. The van der Waals surface area contributed by atoms with Crippen molar-refractivity contribution in [2.24, 2.45) is 5.41 Å². The lowest BCUT2D eigenvalue weighted by atomic mass is 9.89. The minimum Gasteiger partial charge on any atom is -0.494 e. The lowest BCUT2D eigenvalue weighted by Crippen LogP contribution is -2.11. The van der Waals surface area contributed by atoms with Crippen LogP contribution in [-0.4, -0.2) is 11.7 Å². The highest BCUT2D eigenvalue weighted by Crippen LogP contribution is 2.32. The van der Waals surface area contributed by atoms with Crippen molar-refractivity contribution in [1.82, 2.24) is 0 Å². The summed E-state index contributed by atoms with van der Waals surface area (Å²) in [7, 11) is 0. The van der Waals surface area contributed by atoms with Gasteiger partial charge in [-0.3, -0.25) is 0 Å². The van der Waals surface area contributed by atoms with Crippen LogP contribution >= 0.6 is 0 Å². The molecule has 0 aliphatic heterocycles. The molecule has 0 saturated carbocycles. The predicted octanol–water partition coefficient (Wildman–Crippen LogP) is 3.77. The Kier molecular flexibility index (Phi) is 4.67. The van der Waals surface area contributed by atoms with Gasteiger partial charge in [0.1, 0.15) is 5.75 Å². The van der Waals surface area contributed by atoms with Crippen LogP contribution in [0, 0.1) is 16.7 Å². The molecule has 1 aliphatic carbocycles. The Hall–Kier alpha value is -1.53. The summed E-state index contributed by atoms with van der Waals surface area (Å²) in [6.07, 6.45) is 4.28. The first kappa shape index (κ1) is 14.9. The molecule has 1 aromatic carbocycles. The summed E-state index contributed by atoms with van der Waals surface area (Å²) in [5.41, 5.74) is 1.97. The third-order valence-corrected chi connectivity index (χ3v) is 3.92. The van der Waals surface area contributed by atoms with Gasteiger partial charge in [0.25, 0.3) is 0 Å². The molecule has 0 amide bonds. The Morgan fingerprint density at radius 3 is 3.00 bits per heavy atom. The highest BCUT2D eigenvalue weighted by Gasteiger charge is 2.19. The second-order valence-corrected chi connectivity index (χ2v) is 6.22. The normalized spacial score (nSPS) is 18.2. The molecule has 1 aromatic rings. The van der Waals surface area contributed by atoms with Crippen molar-refractivity contribution >= 4 is 0 Å². The molecule has 1 atom stereocenters. The molecule has 108 valence electrons. The van der Waals surface area contributed by atoms with Gasteiger partial charge < -0.3 is 9.84 Å². The summed E-state index contributed by atoms with van der Waals surface area (Å²) in [4.78, 5) is 0. The minimum absolute atomic E-state index is 0.282. The maximum atomic E-state index is 10.0. The largest absolute Gasteiger partial charge is 0.494 e. The molecule has 3 heteroatoms. The zero-order valence-electron chi connectivity index (χ0n) is 12.4. The van der Waals surface area contributed by atoms with E-state index in [0.717, 1.165) is 43.4 Å². The van der Waals surface area contributed by atoms with Crippen molar-refractivity contribution < 1.29 is 9.84 Å². The van der Waals surface area contributed by atoms with Crippen LogP contribution in [0.4, 0.5) is 0 Å². The highest BCUT2D eigenvalue weighted by molar-refractivity contribution is 5.38. The van der Waals surface area contributed by atoms with Gasteiger partial charge in [-0.05, 0) is 69.2 Å². The second-order valence-electron chi connectivity index (χ2n) is 6.22. The van der Waals surface area contributed by atoms with Crippen molar-refractivity contribution in [2.45, 2.75) is 52.1 Å². The number of benzene rings is 1. The van der Waals surface area contributed by atoms with Gasteiger partial charge in [0, 0.05) is 0 Å². The lowest BCUT2D eigenvalue weighted by molar-refractivity contribution is 0.156. The zero-order chi connectivity index (χ0) is 14.6. The number of nitriles is 1. The van der Waals surface area contributed by atoms with Gasteiger partial charge in [0.2, 0.25) is 0 Å². The van der Waals surface area contributed by atoms with E-state index in [1.807, 2.05) is 26.0 Å². The van der Waals surface area contributed by atoms with Crippen LogP contribution in [0.2, 0.25) is 0 Å². The summed E-state index contributed by atoms with van der Waals surface area (Å²) < 4.78 is 5.74. The highest BCUT2D eigenvalue weighted by atomic mass is 16.5. The maximum absolute atomic E-state index is 10.0. The van der Waals surface area contributed by atoms with Gasteiger partial charge >= 0.3 is 0 Å². The molecule has 0 fully saturated rings. The van der Waals surface area contributed by atoms with Crippen LogP contribution in [0.25, 0.3) is 0 Å². The molecule has 0 aromatic heterocycles. The summed E-state index contributed by atoms with van der Waals surface area (Å²) in [6, 6.07) is 8.31. The molecule has 20 heavy (non-hydrogen) atoms. The number of hydrogen-bond donors (Lipinski definition) is 1. The summed E-state index contributed by atoms with van der Waals surface area (Å²) in [5, 5.41) is 19.0. The van der Waals surface area contributed by atoms with Gasteiger partial charge in [-0.2, -0.15) is 5.26 Å². The Bertz CT molecular complexity index is 502. The smallest absolute Gasteiger partial charge is 0.119 e. The summed E-state index contributed by atoms with van der Waals surface area (Å²) in [5.74, 6) is 0.819. The molecule has 2 rings (SSSR count). The van der Waals surface area contributed by atoms with Crippen LogP contribution in [0.1, 0.15) is 56.8 Å². The topological polar surface area (TPSA) is 53.2 Å². The maximum Gasteiger partial charge on any atom is 0.119 e. The first-order chi connectivity index (χ1) is 9.52. The van der Waals surface area contributed by atoms with Gasteiger partial charge in [-0.25, -0.2) is 0 Å². The molecule has 0 radical (unpaired) electrons. The van der Waals surface area contributed by atoms with E-state index in [4.69, 9.17) is 10.00 Å². The van der Waals surface area contributed by atoms with Gasteiger partial charge in [0.05, 0.1) is 24.2 Å². The average molecular weight is 273 g/mol. The van der Waals surface area contributed by atoms with Crippen LogP contribution in [0.5, 0.6) is 5.75 Å². The number of rotatable bonds is 5. The fourth-order valence-electron chi connectivity index (χ4n) is 2.60. The summed E-state index contributed by atoms with van der Waals surface area (Å²) in [6.45, 7) is 4.50. The number of ether oxygens (including phenoxy) is 1. The fourth-order valence-corrected chi connectivity index (χ4v) is 2.60. The fraction of sp³-hybridized carbons (Fsp3) is 0.588. The van der Waals surface area contributed by atoms with E-state index in [9.17, 15) is 5.11 Å².